The molecule has 9 heavy (non-hydrogen) atoms. The fraction of sp³-hybridized carbons (Fsp3) is 1.00. The molecule has 3 heteroatoms. The third-order valence-corrected chi connectivity index (χ3v) is 1.82. The van der Waals surface area contributed by atoms with E-state index in [1.807, 2.05) is 18.7 Å². The Hall–Kier alpha value is 0.270. The number of ether oxygens (including phenoxy) is 1. The molecule has 0 fully saturated rings. The predicted octanol–water partition coefficient (Wildman–Crippen LogP) is 0.715. The summed E-state index contributed by atoms with van der Waals surface area (Å²) in [6.45, 7) is 4.47. The van der Waals surface area contributed by atoms with Gasteiger partial charge in [0.15, 0.2) is 0 Å². The maximum absolute atomic E-state index is 5.28. The highest BCUT2D eigenvalue weighted by molar-refractivity contribution is 7.99. The lowest BCUT2D eigenvalue weighted by Crippen LogP contribution is -2.04. The zero-order chi connectivity index (χ0) is 6.95. The molecule has 0 aromatic heterocycles. The van der Waals surface area contributed by atoms with Crippen molar-refractivity contribution in [2.75, 3.05) is 31.3 Å². The first-order chi connectivity index (χ1) is 4.41. The molecule has 0 aromatic carbocycles. The van der Waals surface area contributed by atoms with Gasteiger partial charge in [-0.2, -0.15) is 11.8 Å². The van der Waals surface area contributed by atoms with Gasteiger partial charge in [-0.15, -0.1) is 0 Å². The average molecular weight is 149 g/mol. The van der Waals surface area contributed by atoms with Crippen LogP contribution in [-0.4, -0.2) is 31.3 Å². The van der Waals surface area contributed by atoms with Crippen LogP contribution in [0.4, 0.5) is 0 Å². The lowest BCUT2D eigenvalue weighted by atomic mass is 10.8. The lowest BCUT2D eigenvalue weighted by molar-refractivity contribution is 0.164. The van der Waals surface area contributed by atoms with Crippen molar-refractivity contribution in [1.29, 1.82) is 0 Å². The summed E-state index contributed by atoms with van der Waals surface area (Å²) in [7, 11) is 0. The van der Waals surface area contributed by atoms with Crippen LogP contribution in [0.1, 0.15) is 6.92 Å². The van der Waals surface area contributed by atoms with Crippen molar-refractivity contribution in [1.82, 2.24) is 0 Å². The van der Waals surface area contributed by atoms with E-state index in [-0.39, 0.29) is 0 Å². The number of nitrogens with two attached hydrogens (primary N) is 1. The molecule has 0 bridgehead atoms. The van der Waals surface area contributed by atoms with Gasteiger partial charge in [0.25, 0.3) is 0 Å². The van der Waals surface area contributed by atoms with E-state index in [4.69, 9.17) is 10.5 Å². The Morgan fingerprint density at radius 3 is 2.78 bits per heavy atom. The summed E-state index contributed by atoms with van der Waals surface area (Å²) in [4.78, 5) is 0. The highest BCUT2D eigenvalue weighted by Gasteiger charge is 1.85. The first-order valence-electron chi connectivity index (χ1n) is 3.27. The number of rotatable bonds is 6. The highest BCUT2D eigenvalue weighted by atomic mass is 32.2. The maximum atomic E-state index is 5.28. The fourth-order valence-electron chi connectivity index (χ4n) is 0.448. The molecule has 0 aliphatic heterocycles. The lowest BCUT2D eigenvalue weighted by Gasteiger charge is -1.98. The maximum Gasteiger partial charge on any atom is 0.0556 e. The van der Waals surface area contributed by atoms with E-state index in [1.54, 1.807) is 0 Å². The van der Waals surface area contributed by atoms with Gasteiger partial charge in [-0.1, -0.05) is 0 Å². The van der Waals surface area contributed by atoms with Crippen molar-refractivity contribution in [3.63, 3.8) is 0 Å². The summed E-state index contributed by atoms with van der Waals surface area (Å²) < 4.78 is 5.12. The van der Waals surface area contributed by atoms with Gasteiger partial charge in [-0.05, 0) is 6.92 Å². The summed E-state index contributed by atoms with van der Waals surface area (Å²) in [6.07, 6.45) is 0. The van der Waals surface area contributed by atoms with Gasteiger partial charge in [0.2, 0.25) is 0 Å². The van der Waals surface area contributed by atoms with Crippen LogP contribution in [0.3, 0.4) is 0 Å². The summed E-state index contributed by atoms with van der Waals surface area (Å²) in [5, 5.41) is 0. The molecule has 0 heterocycles. The molecule has 0 atom stereocenters. The van der Waals surface area contributed by atoms with Crippen molar-refractivity contribution in [2.24, 2.45) is 5.73 Å². The summed E-state index contributed by atoms with van der Waals surface area (Å²) in [5.74, 6) is 2.12. The molecule has 0 spiro atoms. The molecule has 0 amide bonds. The standard InChI is InChI=1S/C6H15NOS/c1-2-8-4-6-9-5-3-7/h2-7H2,1H3. The molecule has 0 unspecified atom stereocenters. The third kappa shape index (κ3) is 8.27. The molecular formula is C6H15NOS. The Bertz CT molecular complexity index is 46.3. The van der Waals surface area contributed by atoms with Gasteiger partial charge in [0, 0.05) is 24.7 Å². The summed E-state index contributed by atoms with van der Waals surface area (Å²) in [5.41, 5.74) is 5.28. The van der Waals surface area contributed by atoms with Crippen LogP contribution in [0.5, 0.6) is 0 Å². The second-order valence-electron chi connectivity index (χ2n) is 1.60. The molecule has 56 valence electrons. The van der Waals surface area contributed by atoms with E-state index in [2.05, 4.69) is 0 Å². The van der Waals surface area contributed by atoms with E-state index in [0.29, 0.717) is 0 Å². The minimum Gasteiger partial charge on any atom is -0.381 e. The molecule has 0 saturated carbocycles. The Labute approximate surface area is 61.1 Å². The zero-order valence-corrected chi connectivity index (χ0v) is 6.75. The van der Waals surface area contributed by atoms with E-state index >= 15 is 0 Å². The quantitative estimate of drug-likeness (QED) is 0.565. The minimum absolute atomic E-state index is 0.775. The normalized spacial score (nSPS) is 10.0. The SMILES string of the molecule is CCOCCSCCN. The molecule has 0 aromatic rings. The van der Waals surface area contributed by atoms with Crippen molar-refractivity contribution in [3.05, 3.63) is 0 Å². The van der Waals surface area contributed by atoms with Crippen molar-refractivity contribution in [3.8, 4) is 0 Å². The van der Waals surface area contributed by atoms with Crippen molar-refractivity contribution >= 4 is 11.8 Å². The molecule has 2 nitrogen and oxygen atoms in total. The van der Waals surface area contributed by atoms with E-state index < -0.39 is 0 Å². The third-order valence-electron chi connectivity index (χ3n) is 0.838. The number of hydrogen-bond donors (Lipinski definition) is 1. The number of hydrogen-bond acceptors (Lipinski definition) is 3. The van der Waals surface area contributed by atoms with E-state index in [0.717, 1.165) is 31.3 Å². The van der Waals surface area contributed by atoms with Gasteiger partial charge < -0.3 is 10.5 Å². The topological polar surface area (TPSA) is 35.2 Å². The van der Waals surface area contributed by atoms with E-state index in [9.17, 15) is 0 Å². The molecule has 0 saturated heterocycles. The molecular weight excluding hydrogens is 134 g/mol. The number of thioether (sulfide) groups is 1. The van der Waals surface area contributed by atoms with Gasteiger partial charge in [0.1, 0.15) is 0 Å². The summed E-state index contributed by atoms with van der Waals surface area (Å²) >= 11 is 1.84. The Kier molecular flexibility index (Phi) is 8.52. The second-order valence-corrected chi connectivity index (χ2v) is 2.82. The van der Waals surface area contributed by atoms with Gasteiger partial charge in [-0.3, -0.25) is 0 Å². The molecule has 0 rings (SSSR count). The van der Waals surface area contributed by atoms with Gasteiger partial charge in [0.05, 0.1) is 6.61 Å². The van der Waals surface area contributed by atoms with Crippen LogP contribution in [0.25, 0.3) is 0 Å². The van der Waals surface area contributed by atoms with Crippen LogP contribution in [0.2, 0.25) is 0 Å². The Morgan fingerprint density at radius 1 is 1.44 bits per heavy atom. The minimum atomic E-state index is 0.775. The monoisotopic (exact) mass is 149 g/mol. The smallest absolute Gasteiger partial charge is 0.0556 e. The zero-order valence-electron chi connectivity index (χ0n) is 5.93. The largest absolute Gasteiger partial charge is 0.381 e. The Balaban J connectivity index is 2.60. The Morgan fingerprint density at radius 2 is 2.22 bits per heavy atom. The summed E-state index contributed by atoms with van der Waals surface area (Å²) in [6, 6.07) is 0. The highest BCUT2D eigenvalue weighted by Crippen LogP contribution is 1.96. The molecule has 0 aliphatic carbocycles. The van der Waals surface area contributed by atoms with Crippen LogP contribution in [0, 0.1) is 0 Å². The van der Waals surface area contributed by atoms with Gasteiger partial charge >= 0.3 is 0 Å². The fourth-order valence-corrected chi connectivity index (χ4v) is 1.05. The first-order valence-corrected chi connectivity index (χ1v) is 4.42. The van der Waals surface area contributed by atoms with Gasteiger partial charge in [-0.25, -0.2) is 0 Å². The van der Waals surface area contributed by atoms with Crippen molar-refractivity contribution in [2.45, 2.75) is 6.92 Å². The predicted molar refractivity (Wildman–Crippen MR) is 42.9 cm³/mol. The van der Waals surface area contributed by atoms with Crippen LogP contribution in [-0.2, 0) is 4.74 Å². The van der Waals surface area contributed by atoms with E-state index in [1.165, 1.54) is 0 Å². The van der Waals surface area contributed by atoms with Crippen LogP contribution >= 0.6 is 11.8 Å². The molecule has 0 radical (unpaired) electrons. The first kappa shape index (κ1) is 9.27. The average Bonchev–Trinajstić information content (AvgIpc) is 1.89. The van der Waals surface area contributed by atoms with Crippen LogP contribution in [0.15, 0.2) is 0 Å². The van der Waals surface area contributed by atoms with Crippen molar-refractivity contribution < 1.29 is 4.74 Å². The van der Waals surface area contributed by atoms with Crippen LogP contribution < -0.4 is 5.73 Å². The molecule has 2 N–H and O–H groups in total. The second kappa shape index (κ2) is 8.27. The molecule has 0 aliphatic rings.